The van der Waals surface area contributed by atoms with Crippen molar-refractivity contribution in [3.05, 3.63) is 38.7 Å². The van der Waals surface area contributed by atoms with Crippen molar-refractivity contribution in [2.75, 3.05) is 32.8 Å². The highest BCUT2D eigenvalue weighted by Gasteiger charge is 2.22. The Morgan fingerprint density at radius 3 is 2.75 bits per heavy atom. The maximum atomic E-state index is 12.5. The van der Waals surface area contributed by atoms with Gasteiger partial charge in [-0.1, -0.05) is 13.8 Å². The molecule has 28 heavy (non-hydrogen) atoms. The van der Waals surface area contributed by atoms with Gasteiger partial charge in [0, 0.05) is 40.3 Å². The molecule has 1 aliphatic heterocycles. The van der Waals surface area contributed by atoms with Crippen molar-refractivity contribution in [2.45, 2.75) is 20.0 Å². The van der Waals surface area contributed by atoms with E-state index in [1.807, 2.05) is 0 Å². The summed E-state index contributed by atoms with van der Waals surface area (Å²) in [6.07, 6.45) is -0.0754. The van der Waals surface area contributed by atoms with Gasteiger partial charge in [-0.05, 0) is 18.1 Å². The Morgan fingerprint density at radius 1 is 1.29 bits per heavy atom. The van der Waals surface area contributed by atoms with Crippen LogP contribution >= 0.6 is 0 Å². The molecule has 0 unspecified atom stereocenters. The standard InChI is InChI=1S/C19H27N5O4/c1-12(2)10-24-7-8-28-13(11-24)9-20-17(25)15-6-5-14-16(21-15)22(3)19(27)23(4)18(14)26/h5-6,12-13H,7-11H2,1-4H3,(H,20,25)/t13-/m1/s1. The third kappa shape index (κ3) is 4.15. The predicted octanol–water partition coefficient (Wildman–Crippen LogP) is -0.281. The molecule has 0 bridgehead atoms. The fraction of sp³-hybridized carbons (Fsp3) is 0.579. The van der Waals surface area contributed by atoms with Gasteiger partial charge in [0.15, 0.2) is 0 Å². The Morgan fingerprint density at radius 2 is 2.04 bits per heavy atom. The molecule has 0 aromatic carbocycles. The Hall–Kier alpha value is -2.52. The molecule has 0 saturated carbocycles. The van der Waals surface area contributed by atoms with E-state index in [4.69, 9.17) is 4.74 Å². The molecule has 0 radical (unpaired) electrons. The zero-order chi connectivity index (χ0) is 20.4. The van der Waals surface area contributed by atoms with Crippen LogP contribution in [0.25, 0.3) is 11.0 Å². The molecule has 3 heterocycles. The molecule has 9 heteroatoms. The number of amides is 1. The minimum atomic E-state index is -0.483. The van der Waals surface area contributed by atoms with Gasteiger partial charge in [-0.25, -0.2) is 9.78 Å². The average Bonchev–Trinajstić information content (AvgIpc) is 2.68. The molecule has 1 fully saturated rings. The van der Waals surface area contributed by atoms with Crippen LogP contribution < -0.4 is 16.6 Å². The van der Waals surface area contributed by atoms with Crippen LogP contribution in [0, 0.1) is 5.92 Å². The minimum absolute atomic E-state index is 0.0754. The van der Waals surface area contributed by atoms with E-state index in [0.29, 0.717) is 24.5 Å². The number of hydrogen-bond acceptors (Lipinski definition) is 6. The summed E-state index contributed by atoms with van der Waals surface area (Å²) >= 11 is 0. The lowest BCUT2D eigenvalue weighted by molar-refractivity contribution is -0.0295. The van der Waals surface area contributed by atoms with E-state index in [-0.39, 0.29) is 23.4 Å². The van der Waals surface area contributed by atoms with Crippen molar-refractivity contribution >= 4 is 16.9 Å². The molecule has 1 N–H and O–H groups in total. The Bertz CT molecular complexity index is 994. The van der Waals surface area contributed by atoms with Crippen LogP contribution in [-0.4, -0.2) is 63.8 Å². The SMILES string of the molecule is CC(C)CN1CCO[C@H](CNC(=O)c2ccc3c(=O)n(C)c(=O)n(C)c3n2)C1. The maximum absolute atomic E-state index is 12.5. The number of carbonyl (C=O) groups is 1. The third-order valence-electron chi connectivity index (χ3n) is 4.87. The molecule has 0 aliphatic carbocycles. The van der Waals surface area contributed by atoms with Crippen molar-refractivity contribution in [3.8, 4) is 0 Å². The molecule has 2 aromatic rings. The number of fused-ring (bicyclic) bond motifs is 1. The van der Waals surface area contributed by atoms with Crippen molar-refractivity contribution in [1.82, 2.24) is 24.3 Å². The number of carbonyl (C=O) groups excluding carboxylic acids is 1. The number of morpholine rings is 1. The molecular weight excluding hydrogens is 362 g/mol. The largest absolute Gasteiger partial charge is 0.374 e. The Balaban J connectivity index is 1.72. The maximum Gasteiger partial charge on any atom is 0.332 e. The number of pyridine rings is 1. The summed E-state index contributed by atoms with van der Waals surface area (Å²) in [5.74, 6) is 0.217. The highest BCUT2D eigenvalue weighted by atomic mass is 16.5. The van der Waals surface area contributed by atoms with E-state index in [1.165, 1.54) is 30.8 Å². The summed E-state index contributed by atoms with van der Waals surface area (Å²) in [4.78, 5) is 43.4. The number of aromatic nitrogens is 3. The van der Waals surface area contributed by atoms with Crippen molar-refractivity contribution in [2.24, 2.45) is 20.0 Å². The molecule has 9 nitrogen and oxygen atoms in total. The summed E-state index contributed by atoms with van der Waals surface area (Å²) in [7, 11) is 2.94. The summed E-state index contributed by atoms with van der Waals surface area (Å²) in [6.45, 7) is 8.06. The second kappa shape index (κ2) is 8.24. The van der Waals surface area contributed by atoms with Gasteiger partial charge < -0.3 is 10.1 Å². The van der Waals surface area contributed by atoms with Gasteiger partial charge in [-0.2, -0.15) is 0 Å². The predicted molar refractivity (Wildman–Crippen MR) is 106 cm³/mol. The number of ether oxygens (including phenoxy) is 1. The van der Waals surface area contributed by atoms with Crippen LogP contribution in [-0.2, 0) is 18.8 Å². The Labute approximate surface area is 162 Å². The normalized spacial score (nSPS) is 18.0. The molecule has 152 valence electrons. The molecule has 1 aliphatic rings. The fourth-order valence-corrected chi connectivity index (χ4v) is 3.46. The van der Waals surface area contributed by atoms with E-state index < -0.39 is 11.2 Å². The lowest BCUT2D eigenvalue weighted by Crippen LogP contribution is -2.48. The van der Waals surface area contributed by atoms with E-state index >= 15 is 0 Å². The summed E-state index contributed by atoms with van der Waals surface area (Å²) in [5, 5.41) is 3.14. The van der Waals surface area contributed by atoms with E-state index in [0.717, 1.165) is 24.2 Å². The van der Waals surface area contributed by atoms with Gasteiger partial charge in [-0.3, -0.25) is 23.6 Å². The molecular formula is C19H27N5O4. The molecule has 1 amide bonds. The molecule has 2 aromatic heterocycles. The monoisotopic (exact) mass is 389 g/mol. The quantitative estimate of drug-likeness (QED) is 0.755. The van der Waals surface area contributed by atoms with E-state index in [1.54, 1.807) is 0 Å². The van der Waals surface area contributed by atoms with Crippen molar-refractivity contribution < 1.29 is 9.53 Å². The molecule has 1 atom stereocenters. The smallest absolute Gasteiger partial charge is 0.332 e. The average molecular weight is 389 g/mol. The third-order valence-corrected chi connectivity index (χ3v) is 4.87. The van der Waals surface area contributed by atoms with E-state index in [9.17, 15) is 14.4 Å². The lowest BCUT2D eigenvalue weighted by Gasteiger charge is -2.33. The number of hydrogen-bond donors (Lipinski definition) is 1. The second-order valence-electron chi connectivity index (χ2n) is 7.63. The fourth-order valence-electron chi connectivity index (χ4n) is 3.46. The summed E-state index contributed by atoms with van der Waals surface area (Å²) in [5.41, 5.74) is -0.565. The highest BCUT2D eigenvalue weighted by Crippen LogP contribution is 2.09. The van der Waals surface area contributed by atoms with Gasteiger partial charge in [0.05, 0.1) is 18.1 Å². The summed E-state index contributed by atoms with van der Waals surface area (Å²) < 4.78 is 8.03. The molecule has 1 saturated heterocycles. The number of nitrogens with zero attached hydrogens (tertiary/aromatic N) is 4. The Kier molecular flexibility index (Phi) is 5.95. The zero-order valence-corrected chi connectivity index (χ0v) is 16.8. The van der Waals surface area contributed by atoms with Gasteiger partial charge in [0.2, 0.25) is 0 Å². The zero-order valence-electron chi connectivity index (χ0n) is 16.8. The molecule has 3 rings (SSSR count). The first-order chi connectivity index (χ1) is 13.3. The minimum Gasteiger partial charge on any atom is -0.374 e. The first-order valence-corrected chi connectivity index (χ1v) is 9.47. The van der Waals surface area contributed by atoms with Crippen molar-refractivity contribution in [3.63, 3.8) is 0 Å². The first kappa shape index (κ1) is 20.2. The number of rotatable bonds is 5. The van der Waals surface area contributed by atoms with Gasteiger partial charge >= 0.3 is 5.69 Å². The molecule has 0 spiro atoms. The van der Waals surface area contributed by atoms with Crippen LogP contribution in [0.4, 0.5) is 0 Å². The van der Waals surface area contributed by atoms with Gasteiger partial charge in [-0.15, -0.1) is 0 Å². The highest BCUT2D eigenvalue weighted by molar-refractivity contribution is 5.94. The van der Waals surface area contributed by atoms with Gasteiger partial charge in [0.1, 0.15) is 11.3 Å². The van der Waals surface area contributed by atoms with Crippen LogP contribution in [0.2, 0.25) is 0 Å². The number of nitrogens with one attached hydrogen (secondary N) is 1. The topological polar surface area (TPSA) is 98.5 Å². The second-order valence-corrected chi connectivity index (χ2v) is 7.63. The van der Waals surface area contributed by atoms with Gasteiger partial charge in [0.25, 0.3) is 11.5 Å². The summed E-state index contributed by atoms with van der Waals surface area (Å²) in [6, 6.07) is 3.02. The van der Waals surface area contributed by atoms with E-state index in [2.05, 4.69) is 29.0 Å². The first-order valence-electron chi connectivity index (χ1n) is 9.47. The number of aryl methyl sites for hydroxylation is 1. The van der Waals surface area contributed by atoms with Crippen LogP contribution in [0.15, 0.2) is 21.7 Å². The van der Waals surface area contributed by atoms with Crippen molar-refractivity contribution in [1.29, 1.82) is 0 Å². The lowest BCUT2D eigenvalue weighted by atomic mass is 10.2. The van der Waals surface area contributed by atoms with Crippen LogP contribution in [0.1, 0.15) is 24.3 Å². The van der Waals surface area contributed by atoms with Crippen LogP contribution in [0.5, 0.6) is 0 Å². The van der Waals surface area contributed by atoms with Crippen LogP contribution in [0.3, 0.4) is 0 Å².